The zero-order valence-electron chi connectivity index (χ0n) is 10.8. The maximum Gasteiger partial charge on any atom is 0.102 e. The zero-order valence-corrected chi connectivity index (χ0v) is 10.8. The number of likely N-dealkylation sites (tertiary alicyclic amines) is 1. The Labute approximate surface area is 108 Å². The Hall–Kier alpha value is -0.940. The van der Waals surface area contributed by atoms with Crippen LogP contribution in [0.2, 0.25) is 0 Å². The van der Waals surface area contributed by atoms with Crippen molar-refractivity contribution in [1.29, 1.82) is 0 Å². The lowest BCUT2D eigenvalue weighted by Gasteiger charge is -2.20. The summed E-state index contributed by atoms with van der Waals surface area (Å²) in [6, 6.07) is 8.21. The number of nitrogens with zero attached hydrogens (tertiary/aromatic N) is 1. The molecular weight excluding hydrogens is 228 g/mol. The van der Waals surface area contributed by atoms with Crippen LogP contribution in [0.3, 0.4) is 0 Å². The molecule has 0 bridgehead atoms. The summed E-state index contributed by atoms with van der Waals surface area (Å²) < 4.78 is 0. The summed E-state index contributed by atoms with van der Waals surface area (Å²) in [7, 11) is 2.11. The average Bonchev–Trinajstić information content (AvgIpc) is 2.79. The van der Waals surface area contributed by atoms with E-state index in [1.807, 2.05) is 18.2 Å². The molecule has 2 rings (SSSR count). The van der Waals surface area contributed by atoms with Crippen LogP contribution < -0.4 is 5.73 Å². The van der Waals surface area contributed by atoms with E-state index in [9.17, 15) is 5.11 Å². The molecule has 1 aliphatic heterocycles. The second kappa shape index (κ2) is 5.80. The maximum atomic E-state index is 9.68. The first-order valence-electron chi connectivity index (χ1n) is 6.44. The van der Waals surface area contributed by atoms with Crippen molar-refractivity contribution in [1.82, 2.24) is 4.90 Å². The molecule has 0 amide bonds. The first-order valence-corrected chi connectivity index (χ1v) is 6.44. The van der Waals surface area contributed by atoms with E-state index in [2.05, 4.69) is 18.0 Å². The number of nitrogens with two attached hydrogens (primary N) is 1. The van der Waals surface area contributed by atoms with Crippen LogP contribution in [0.5, 0.6) is 0 Å². The van der Waals surface area contributed by atoms with Gasteiger partial charge in [0.25, 0.3) is 0 Å². The molecule has 0 spiro atoms. The fraction of sp³-hybridized carbons (Fsp3) is 0.571. The van der Waals surface area contributed by atoms with Crippen molar-refractivity contribution >= 4 is 0 Å². The Kier molecular flexibility index (Phi) is 4.35. The molecule has 4 heteroatoms. The Morgan fingerprint density at radius 2 is 2.28 bits per heavy atom. The number of hydrogen-bond donors (Lipinski definition) is 3. The van der Waals surface area contributed by atoms with Crippen LogP contribution in [0.25, 0.3) is 0 Å². The van der Waals surface area contributed by atoms with Gasteiger partial charge in [0.05, 0.1) is 6.61 Å². The summed E-state index contributed by atoms with van der Waals surface area (Å²) in [5.74, 6) is 0.548. The topological polar surface area (TPSA) is 69.7 Å². The number of aliphatic hydroxyl groups is 2. The van der Waals surface area contributed by atoms with Crippen LogP contribution in [0.15, 0.2) is 24.3 Å². The van der Waals surface area contributed by atoms with Crippen molar-refractivity contribution in [2.75, 3.05) is 26.7 Å². The SMILES string of the molecule is CN1CC(CN)CC1c1cccc(C(O)CO)c1. The minimum atomic E-state index is -0.790. The number of aliphatic hydroxyl groups excluding tert-OH is 2. The molecule has 1 aromatic carbocycles. The van der Waals surface area contributed by atoms with Gasteiger partial charge in [0.1, 0.15) is 6.10 Å². The molecule has 18 heavy (non-hydrogen) atoms. The van der Waals surface area contributed by atoms with Gasteiger partial charge in [0, 0.05) is 12.6 Å². The number of hydrogen-bond acceptors (Lipinski definition) is 4. The summed E-state index contributed by atoms with van der Waals surface area (Å²) in [5, 5.41) is 18.7. The molecule has 0 aromatic heterocycles. The van der Waals surface area contributed by atoms with E-state index >= 15 is 0 Å². The Balaban J connectivity index is 2.18. The maximum absolute atomic E-state index is 9.68. The van der Waals surface area contributed by atoms with Gasteiger partial charge in [-0.05, 0) is 37.1 Å². The second-order valence-corrected chi connectivity index (χ2v) is 5.16. The zero-order chi connectivity index (χ0) is 13.1. The second-order valence-electron chi connectivity index (χ2n) is 5.16. The first kappa shape index (κ1) is 13.5. The Bertz CT molecular complexity index is 397. The number of rotatable bonds is 4. The molecule has 1 aromatic rings. The van der Waals surface area contributed by atoms with Gasteiger partial charge < -0.3 is 15.9 Å². The van der Waals surface area contributed by atoms with Gasteiger partial charge in [-0.25, -0.2) is 0 Å². The molecule has 1 aliphatic rings. The van der Waals surface area contributed by atoms with Gasteiger partial charge in [-0.1, -0.05) is 24.3 Å². The minimum absolute atomic E-state index is 0.241. The predicted octanol–water partition coefficient (Wildman–Crippen LogP) is 0.664. The van der Waals surface area contributed by atoms with Gasteiger partial charge in [-0.3, -0.25) is 4.90 Å². The third kappa shape index (κ3) is 2.72. The van der Waals surface area contributed by atoms with Gasteiger partial charge >= 0.3 is 0 Å². The van der Waals surface area contributed by atoms with Crippen molar-refractivity contribution in [3.05, 3.63) is 35.4 Å². The fourth-order valence-electron chi connectivity index (χ4n) is 2.75. The summed E-state index contributed by atoms with van der Waals surface area (Å²) in [5.41, 5.74) is 7.71. The van der Waals surface area contributed by atoms with Gasteiger partial charge in [0.2, 0.25) is 0 Å². The van der Waals surface area contributed by atoms with Crippen molar-refractivity contribution in [2.45, 2.75) is 18.6 Å². The van der Waals surface area contributed by atoms with E-state index in [-0.39, 0.29) is 6.61 Å². The van der Waals surface area contributed by atoms with Crippen LogP contribution in [0.4, 0.5) is 0 Å². The molecule has 3 unspecified atom stereocenters. The molecule has 1 fully saturated rings. The van der Waals surface area contributed by atoms with E-state index < -0.39 is 6.10 Å². The highest BCUT2D eigenvalue weighted by Crippen LogP contribution is 2.34. The fourth-order valence-corrected chi connectivity index (χ4v) is 2.75. The van der Waals surface area contributed by atoms with Gasteiger partial charge in [0.15, 0.2) is 0 Å². The van der Waals surface area contributed by atoms with Crippen LogP contribution in [0.1, 0.15) is 29.7 Å². The quantitative estimate of drug-likeness (QED) is 0.734. The normalized spacial score (nSPS) is 26.4. The summed E-state index contributed by atoms with van der Waals surface area (Å²) in [4.78, 5) is 2.31. The van der Waals surface area contributed by atoms with Gasteiger partial charge in [-0.15, -0.1) is 0 Å². The van der Waals surface area contributed by atoms with Crippen LogP contribution in [0, 0.1) is 5.92 Å². The number of benzene rings is 1. The predicted molar refractivity (Wildman–Crippen MR) is 71.0 cm³/mol. The molecule has 3 atom stereocenters. The molecule has 0 radical (unpaired) electrons. The highest BCUT2D eigenvalue weighted by Gasteiger charge is 2.29. The summed E-state index contributed by atoms with van der Waals surface area (Å²) in [6.45, 7) is 1.50. The molecule has 100 valence electrons. The molecule has 1 heterocycles. The van der Waals surface area contributed by atoms with E-state index in [1.54, 1.807) is 0 Å². The van der Waals surface area contributed by atoms with E-state index in [0.717, 1.165) is 25.1 Å². The summed E-state index contributed by atoms with van der Waals surface area (Å²) >= 11 is 0. The Morgan fingerprint density at radius 3 is 2.89 bits per heavy atom. The minimum Gasteiger partial charge on any atom is -0.393 e. The first-order chi connectivity index (χ1) is 8.65. The third-order valence-corrected chi connectivity index (χ3v) is 3.82. The third-order valence-electron chi connectivity index (χ3n) is 3.82. The van der Waals surface area contributed by atoms with Crippen molar-refractivity contribution in [3.63, 3.8) is 0 Å². The lowest BCUT2D eigenvalue weighted by atomic mass is 9.97. The molecule has 0 saturated carbocycles. The standard InChI is InChI=1S/C14H22N2O2/c1-16-8-10(7-15)5-13(16)11-3-2-4-12(6-11)14(18)9-17/h2-4,6,10,13-14,17-18H,5,7-9,15H2,1H3. The highest BCUT2D eigenvalue weighted by molar-refractivity contribution is 5.28. The largest absolute Gasteiger partial charge is 0.393 e. The highest BCUT2D eigenvalue weighted by atomic mass is 16.3. The van der Waals surface area contributed by atoms with Gasteiger partial charge in [-0.2, -0.15) is 0 Å². The molecule has 0 aliphatic carbocycles. The van der Waals surface area contributed by atoms with Crippen molar-refractivity contribution in [3.8, 4) is 0 Å². The Morgan fingerprint density at radius 1 is 1.50 bits per heavy atom. The van der Waals surface area contributed by atoms with Crippen LogP contribution >= 0.6 is 0 Å². The van der Waals surface area contributed by atoms with E-state index in [1.165, 1.54) is 5.56 Å². The monoisotopic (exact) mass is 250 g/mol. The molecule has 4 nitrogen and oxygen atoms in total. The van der Waals surface area contributed by atoms with Crippen molar-refractivity contribution < 1.29 is 10.2 Å². The lowest BCUT2D eigenvalue weighted by Crippen LogP contribution is -2.20. The van der Waals surface area contributed by atoms with E-state index in [4.69, 9.17) is 10.8 Å². The molecule has 1 saturated heterocycles. The van der Waals surface area contributed by atoms with E-state index in [0.29, 0.717) is 12.0 Å². The summed E-state index contributed by atoms with van der Waals surface area (Å²) in [6.07, 6.45) is 0.271. The molecular formula is C14H22N2O2. The smallest absolute Gasteiger partial charge is 0.102 e. The van der Waals surface area contributed by atoms with Crippen LogP contribution in [-0.2, 0) is 0 Å². The molecule has 4 N–H and O–H groups in total. The van der Waals surface area contributed by atoms with Crippen molar-refractivity contribution in [2.24, 2.45) is 11.7 Å². The van der Waals surface area contributed by atoms with Crippen LogP contribution in [-0.4, -0.2) is 41.9 Å². The lowest BCUT2D eigenvalue weighted by molar-refractivity contribution is 0.0955. The average molecular weight is 250 g/mol.